The molecule has 0 amide bonds. The van der Waals surface area contributed by atoms with Crippen LogP contribution in [0.4, 0.5) is 5.88 Å². The number of carbonyl (C=O) groups excluding carboxylic acids is 1. The molecule has 0 radical (unpaired) electrons. The van der Waals surface area contributed by atoms with Crippen LogP contribution in [0.5, 0.6) is 0 Å². The monoisotopic (exact) mass is 232 g/mol. The Morgan fingerprint density at radius 1 is 1.35 bits per heavy atom. The Bertz CT molecular complexity index is 544. The van der Waals surface area contributed by atoms with Gasteiger partial charge in [-0.2, -0.15) is 0 Å². The van der Waals surface area contributed by atoms with Crippen LogP contribution in [-0.2, 0) is 4.74 Å². The van der Waals surface area contributed by atoms with Gasteiger partial charge in [-0.15, -0.1) is 0 Å². The van der Waals surface area contributed by atoms with E-state index in [1.807, 2.05) is 11.0 Å². The summed E-state index contributed by atoms with van der Waals surface area (Å²) in [7, 11) is 0. The van der Waals surface area contributed by atoms with E-state index in [-0.39, 0.29) is 0 Å². The van der Waals surface area contributed by atoms with E-state index in [0.717, 1.165) is 19.4 Å². The van der Waals surface area contributed by atoms with Crippen LogP contribution >= 0.6 is 0 Å². The third-order valence-corrected chi connectivity index (χ3v) is 2.88. The van der Waals surface area contributed by atoms with E-state index in [2.05, 4.69) is 4.98 Å². The number of rotatable bonds is 2. The van der Waals surface area contributed by atoms with Gasteiger partial charge in [-0.1, -0.05) is 0 Å². The second kappa shape index (κ2) is 4.18. The number of nitrogens with zero attached hydrogens (tertiary/aromatic N) is 2. The summed E-state index contributed by atoms with van der Waals surface area (Å²) < 4.78 is 11.0. The van der Waals surface area contributed by atoms with E-state index in [0.29, 0.717) is 35.8 Å². The van der Waals surface area contributed by atoms with Gasteiger partial charge in [0.15, 0.2) is 11.9 Å². The van der Waals surface area contributed by atoms with Crippen molar-refractivity contribution in [3.05, 3.63) is 23.9 Å². The maximum absolute atomic E-state index is 11.2. The van der Waals surface area contributed by atoms with E-state index in [9.17, 15) is 4.79 Å². The molecular weight excluding hydrogens is 220 g/mol. The van der Waals surface area contributed by atoms with Gasteiger partial charge in [0.05, 0.1) is 13.2 Å². The molecule has 5 nitrogen and oxygen atoms in total. The predicted molar refractivity (Wildman–Crippen MR) is 62.4 cm³/mol. The van der Waals surface area contributed by atoms with E-state index >= 15 is 0 Å². The van der Waals surface area contributed by atoms with Crippen LogP contribution in [0.25, 0.3) is 11.1 Å². The Morgan fingerprint density at radius 3 is 2.94 bits per heavy atom. The largest absolute Gasteiger partial charge is 0.438 e. The first kappa shape index (κ1) is 10.3. The summed E-state index contributed by atoms with van der Waals surface area (Å²) in [5.41, 5.74) is 1.81. The highest BCUT2D eigenvalue weighted by molar-refractivity contribution is 5.99. The predicted octanol–water partition coefficient (Wildman–Crippen LogP) is 1.48. The van der Waals surface area contributed by atoms with Crippen molar-refractivity contribution >= 4 is 23.3 Å². The Labute approximate surface area is 98.0 Å². The first-order valence-corrected chi connectivity index (χ1v) is 5.55. The number of anilines is 1. The molecule has 0 bridgehead atoms. The highest BCUT2D eigenvalue weighted by Gasteiger charge is 2.21. The molecule has 3 heterocycles. The van der Waals surface area contributed by atoms with Gasteiger partial charge in [-0.3, -0.25) is 9.78 Å². The van der Waals surface area contributed by atoms with Crippen molar-refractivity contribution in [1.29, 1.82) is 0 Å². The van der Waals surface area contributed by atoms with Gasteiger partial charge in [0, 0.05) is 19.3 Å². The summed E-state index contributed by atoms with van der Waals surface area (Å²) in [5, 5.41) is 0. The second-order valence-corrected chi connectivity index (χ2v) is 3.89. The fourth-order valence-electron chi connectivity index (χ4n) is 2.04. The molecule has 1 aliphatic rings. The molecule has 0 aromatic carbocycles. The minimum atomic E-state index is 0.530. The van der Waals surface area contributed by atoms with E-state index in [4.69, 9.17) is 9.15 Å². The summed E-state index contributed by atoms with van der Waals surface area (Å²) >= 11 is 0. The van der Waals surface area contributed by atoms with Crippen molar-refractivity contribution in [1.82, 2.24) is 4.98 Å². The van der Waals surface area contributed by atoms with E-state index in [1.165, 1.54) is 0 Å². The number of fused-ring (bicyclic) bond motifs is 1. The summed E-state index contributed by atoms with van der Waals surface area (Å²) in [6.45, 7) is 2.78. The lowest BCUT2D eigenvalue weighted by Gasteiger charge is -2.26. The lowest BCUT2D eigenvalue weighted by Crippen LogP contribution is -2.36. The summed E-state index contributed by atoms with van der Waals surface area (Å²) in [6, 6.07) is 3.61. The minimum absolute atomic E-state index is 0.530. The molecule has 2 aromatic rings. The quantitative estimate of drug-likeness (QED) is 0.734. The molecule has 3 rings (SSSR count). The van der Waals surface area contributed by atoms with Crippen LogP contribution in [0.15, 0.2) is 22.7 Å². The SMILES string of the molecule is O=Cc1c(N2CCOCC2)oc2cccnc12. The van der Waals surface area contributed by atoms with Gasteiger partial charge in [0.1, 0.15) is 11.1 Å². The zero-order valence-corrected chi connectivity index (χ0v) is 9.26. The maximum atomic E-state index is 11.2. The van der Waals surface area contributed by atoms with Crippen molar-refractivity contribution in [2.75, 3.05) is 31.2 Å². The van der Waals surface area contributed by atoms with Crippen LogP contribution in [-0.4, -0.2) is 37.6 Å². The summed E-state index contributed by atoms with van der Waals surface area (Å²) in [5.74, 6) is 0.608. The van der Waals surface area contributed by atoms with Crippen LogP contribution in [0.2, 0.25) is 0 Å². The van der Waals surface area contributed by atoms with Crippen molar-refractivity contribution in [3.63, 3.8) is 0 Å². The molecule has 0 atom stereocenters. The van der Waals surface area contributed by atoms with Crippen LogP contribution < -0.4 is 4.90 Å². The number of furan rings is 1. The molecule has 0 N–H and O–H groups in total. The van der Waals surface area contributed by atoms with Gasteiger partial charge in [-0.25, -0.2) is 0 Å². The van der Waals surface area contributed by atoms with Crippen LogP contribution in [0.1, 0.15) is 10.4 Å². The molecule has 5 heteroatoms. The summed E-state index contributed by atoms with van der Waals surface area (Å²) in [6.07, 6.45) is 2.47. The fourth-order valence-corrected chi connectivity index (χ4v) is 2.04. The number of hydrogen-bond donors (Lipinski definition) is 0. The Hall–Kier alpha value is -1.88. The van der Waals surface area contributed by atoms with Crippen molar-refractivity contribution in [2.45, 2.75) is 0 Å². The molecule has 0 saturated carbocycles. The molecule has 2 aromatic heterocycles. The number of morpholine rings is 1. The Balaban J connectivity index is 2.11. The van der Waals surface area contributed by atoms with Gasteiger partial charge >= 0.3 is 0 Å². The molecule has 1 aliphatic heterocycles. The number of hydrogen-bond acceptors (Lipinski definition) is 5. The smallest absolute Gasteiger partial charge is 0.209 e. The van der Waals surface area contributed by atoms with Crippen LogP contribution in [0.3, 0.4) is 0 Å². The number of aldehydes is 1. The maximum Gasteiger partial charge on any atom is 0.209 e. The molecule has 1 saturated heterocycles. The van der Waals surface area contributed by atoms with Gasteiger partial charge in [-0.05, 0) is 12.1 Å². The zero-order chi connectivity index (χ0) is 11.7. The van der Waals surface area contributed by atoms with Gasteiger partial charge in [0.25, 0.3) is 0 Å². The second-order valence-electron chi connectivity index (χ2n) is 3.89. The lowest BCUT2D eigenvalue weighted by atomic mass is 10.2. The fraction of sp³-hybridized carbons (Fsp3) is 0.333. The highest BCUT2D eigenvalue weighted by atomic mass is 16.5. The molecule has 0 aliphatic carbocycles. The molecule has 1 fully saturated rings. The highest BCUT2D eigenvalue weighted by Crippen LogP contribution is 2.30. The van der Waals surface area contributed by atoms with Crippen molar-refractivity contribution in [3.8, 4) is 0 Å². The molecule has 17 heavy (non-hydrogen) atoms. The topological polar surface area (TPSA) is 55.6 Å². The summed E-state index contributed by atoms with van der Waals surface area (Å²) in [4.78, 5) is 17.4. The average Bonchev–Trinajstić information content (AvgIpc) is 2.78. The molecule has 88 valence electrons. The number of carbonyl (C=O) groups is 1. The van der Waals surface area contributed by atoms with E-state index in [1.54, 1.807) is 12.3 Å². The Kier molecular flexibility index (Phi) is 2.53. The number of aromatic nitrogens is 1. The average molecular weight is 232 g/mol. The third-order valence-electron chi connectivity index (χ3n) is 2.88. The molecule has 0 spiro atoms. The standard InChI is InChI=1S/C12H12N2O3/c15-8-9-11-10(2-1-3-13-11)17-12(9)14-4-6-16-7-5-14/h1-3,8H,4-7H2. The number of pyridine rings is 1. The van der Waals surface area contributed by atoms with Crippen LogP contribution in [0, 0.1) is 0 Å². The zero-order valence-electron chi connectivity index (χ0n) is 9.26. The first-order chi connectivity index (χ1) is 8.40. The van der Waals surface area contributed by atoms with Gasteiger partial charge in [0.2, 0.25) is 5.88 Å². The number of ether oxygens (including phenoxy) is 1. The molecular formula is C12H12N2O3. The van der Waals surface area contributed by atoms with Crippen molar-refractivity contribution < 1.29 is 13.9 Å². The van der Waals surface area contributed by atoms with E-state index < -0.39 is 0 Å². The normalized spacial score (nSPS) is 16.4. The van der Waals surface area contributed by atoms with Gasteiger partial charge < -0.3 is 14.1 Å². The Morgan fingerprint density at radius 2 is 2.18 bits per heavy atom. The minimum Gasteiger partial charge on any atom is -0.438 e. The van der Waals surface area contributed by atoms with Crippen molar-refractivity contribution in [2.24, 2.45) is 0 Å². The first-order valence-electron chi connectivity index (χ1n) is 5.55. The third kappa shape index (κ3) is 1.68. The lowest BCUT2D eigenvalue weighted by molar-refractivity contribution is 0.111. The molecule has 0 unspecified atom stereocenters.